The zero-order chi connectivity index (χ0) is 15.5. The molecule has 0 aliphatic heterocycles. The molecule has 1 heterocycles. The van der Waals surface area contributed by atoms with Crippen molar-refractivity contribution in [1.29, 1.82) is 0 Å². The van der Waals surface area contributed by atoms with Crippen molar-refractivity contribution in [2.24, 2.45) is 0 Å². The van der Waals surface area contributed by atoms with Crippen LogP contribution in [0, 0.1) is 10.1 Å². The van der Waals surface area contributed by atoms with Crippen molar-refractivity contribution in [3.05, 3.63) is 50.7 Å². The van der Waals surface area contributed by atoms with E-state index in [2.05, 4.69) is 4.72 Å². The number of nitrogens with two attached hydrogens (primary N) is 1. The highest BCUT2D eigenvalue weighted by atomic mass is 32.2. The summed E-state index contributed by atoms with van der Waals surface area (Å²) in [4.78, 5) is 10.8. The van der Waals surface area contributed by atoms with Gasteiger partial charge in [0.2, 0.25) is 10.0 Å². The minimum absolute atomic E-state index is 0.162. The first kappa shape index (κ1) is 15.4. The highest BCUT2D eigenvalue weighted by Crippen LogP contribution is 2.29. The Morgan fingerprint density at radius 1 is 1.29 bits per heavy atom. The fraction of sp³-hybridized carbons (Fsp3) is 0.167. The van der Waals surface area contributed by atoms with Crippen LogP contribution in [0.5, 0.6) is 0 Å². The number of sulfonamides is 1. The van der Waals surface area contributed by atoms with Crippen LogP contribution in [0.25, 0.3) is 0 Å². The zero-order valence-electron chi connectivity index (χ0n) is 10.9. The SMILES string of the molecule is Nc1cccc(S(=O)(=O)NCCc2cccs2)c1[N+](=O)[O-]. The topological polar surface area (TPSA) is 115 Å². The van der Waals surface area contributed by atoms with Gasteiger partial charge in [-0.05, 0) is 30.0 Å². The molecule has 0 radical (unpaired) electrons. The third-order valence-electron chi connectivity index (χ3n) is 2.75. The van der Waals surface area contributed by atoms with Crippen LogP contribution in [0.3, 0.4) is 0 Å². The van der Waals surface area contributed by atoms with E-state index in [9.17, 15) is 18.5 Å². The van der Waals surface area contributed by atoms with E-state index >= 15 is 0 Å². The molecule has 7 nitrogen and oxygen atoms in total. The van der Waals surface area contributed by atoms with Crippen molar-refractivity contribution >= 4 is 32.7 Å². The van der Waals surface area contributed by atoms with Gasteiger partial charge in [-0.1, -0.05) is 12.1 Å². The summed E-state index contributed by atoms with van der Waals surface area (Å²) in [5.74, 6) is 0. The first-order valence-electron chi connectivity index (χ1n) is 5.97. The van der Waals surface area contributed by atoms with Gasteiger partial charge in [-0.15, -0.1) is 11.3 Å². The number of nitrogen functional groups attached to an aromatic ring is 1. The van der Waals surface area contributed by atoms with E-state index in [0.717, 1.165) is 4.88 Å². The van der Waals surface area contributed by atoms with Crippen molar-refractivity contribution in [2.45, 2.75) is 11.3 Å². The van der Waals surface area contributed by atoms with Crippen LogP contribution in [0.1, 0.15) is 4.88 Å². The van der Waals surface area contributed by atoms with Gasteiger partial charge in [-0.3, -0.25) is 10.1 Å². The first-order valence-corrected chi connectivity index (χ1v) is 8.33. The number of nitrogens with one attached hydrogen (secondary N) is 1. The van der Waals surface area contributed by atoms with E-state index < -0.39 is 25.5 Å². The van der Waals surface area contributed by atoms with Gasteiger partial charge in [-0.25, -0.2) is 13.1 Å². The molecule has 0 spiro atoms. The maximum Gasteiger partial charge on any atom is 0.312 e. The third kappa shape index (κ3) is 3.57. The lowest BCUT2D eigenvalue weighted by molar-refractivity contribution is -0.386. The van der Waals surface area contributed by atoms with Gasteiger partial charge >= 0.3 is 5.69 Å². The molecule has 2 aromatic rings. The van der Waals surface area contributed by atoms with Gasteiger partial charge < -0.3 is 5.73 Å². The molecule has 1 aromatic heterocycles. The maximum absolute atomic E-state index is 12.2. The fourth-order valence-corrected chi connectivity index (χ4v) is 3.73. The Kier molecular flexibility index (Phi) is 4.56. The Hall–Kier alpha value is -1.97. The number of thiophene rings is 1. The Labute approximate surface area is 125 Å². The van der Waals surface area contributed by atoms with Crippen LogP contribution >= 0.6 is 11.3 Å². The molecule has 0 saturated heterocycles. The fourth-order valence-electron chi connectivity index (χ4n) is 1.79. The van der Waals surface area contributed by atoms with E-state index in [1.807, 2.05) is 17.5 Å². The molecule has 1 aromatic carbocycles. The second kappa shape index (κ2) is 6.20. The zero-order valence-corrected chi connectivity index (χ0v) is 12.5. The van der Waals surface area contributed by atoms with Crippen molar-refractivity contribution < 1.29 is 13.3 Å². The summed E-state index contributed by atoms with van der Waals surface area (Å²) in [6, 6.07) is 7.60. The standard InChI is InChI=1S/C12H13N3O4S2/c13-10-4-1-5-11(12(10)15(16)17)21(18,19)14-7-6-9-3-2-8-20-9/h1-5,8,14H,6-7,13H2. The summed E-state index contributed by atoms with van der Waals surface area (Å²) in [5.41, 5.74) is 4.72. The van der Waals surface area contributed by atoms with Crippen LogP contribution in [0.2, 0.25) is 0 Å². The van der Waals surface area contributed by atoms with Crippen LogP contribution in [0.4, 0.5) is 11.4 Å². The Balaban J connectivity index is 2.20. The number of hydrogen-bond acceptors (Lipinski definition) is 6. The molecule has 9 heteroatoms. The molecule has 0 aliphatic rings. The second-order valence-corrected chi connectivity index (χ2v) is 6.95. The van der Waals surface area contributed by atoms with Gasteiger partial charge in [0.25, 0.3) is 0 Å². The number of rotatable bonds is 6. The Morgan fingerprint density at radius 2 is 2.05 bits per heavy atom. The lowest BCUT2D eigenvalue weighted by atomic mass is 10.3. The molecule has 0 atom stereocenters. The molecule has 3 N–H and O–H groups in total. The van der Waals surface area contributed by atoms with Gasteiger partial charge in [0.15, 0.2) is 4.90 Å². The molecular weight excluding hydrogens is 314 g/mol. The van der Waals surface area contributed by atoms with Crippen LogP contribution in [-0.2, 0) is 16.4 Å². The minimum atomic E-state index is -3.98. The summed E-state index contributed by atoms with van der Waals surface area (Å²) >= 11 is 1.52. The quantitative estimate of drug-likeness (QED) is 0.476. The van der Waals surface area contributed by atoms with Crippen LogP contribution in [0.15, 0.2) is 40.6 Å². The number of para-hydroxylation sites is 1. The maximum atomic E-state index is 12.2. The normalized spacial score (nSPS) is 11.4. The van der Waals surface area contributed by atoms with Crippen LogP contribution < -0.4 is 10.5 Å². The summed E-state index contributed by atoms with van der Waals surface area (Å²) in [6.45, 7) is 0.162. The molecular formula is C12H13N3O4S2. The molecule has 0 bridgehead atoms. The Bertz CT molecular complexity index is 742. The molecule has 0 amide bonds. The third-order valence-corrected chi connectivity index (χ3v) is 5.17. The molecule has 0 aliphatic carbocycles. The van der Waals surface area contributed by atoms with Crippen molar-refractivity contribution in [1.82, 2.24) is 4.72 Å². The van der Waals surface area contributed by atoms with E-state index in [0.29, 0.717) is 6.42 Å². The van der Waals surface area contributed by atoms with Crippen molar-refractivity contribution in [3.63, 3.8) is 0 Å². The van der Waals surface area contributed by atoms with E-state index in [1.165, 1.54) is 29.5 Å². The van der Waals surface area contributed by atoms with Gasteiger partial charge in [0.1, 0.15) is 5.69 Å². The Morgan fingerprint density at radius 3 is 2.67 bits per heavy atom. The largest absolute Gasteiger partial charge is 0.393 e. The number of nitro benzene ring substituents is 1. The summed E-state index contributed by atoms with van der Waals surface area (Å²) < 4.78 is 26.7. The summed E-state index contributed by atoms with van der Waals surface area (Å²) in [5, 5.41) is 12.9. The molecule has 0 unspecified atom stereocenters. The lowest BCUT2D eigenvalue weighted by Crippen LogP contribution is -2.26. The predicted molar refractivity (Wildman–Crippen MR) is 80.7 cm³/mol. The number of nitrogens with zero attached hydrogens (tertiary/aromatic N) is 1. The number of benzene rings is 1. The van der Waals surface area contributed by atoms with E-state index in [4.69, 9.17) is 5.73 Å². The summed E-state index contributed by atoms with van der Waals surface area (Å²) in [6.07, 6.45) is 0.521. The monoisotopic (exact) mass is 327 g/mol. The minimum Gasteiger partial charge on any atom is -0.393 e. The van der Waals surface area contributed by atoms with E-state index in [-0.39, 0.29) is 12.2 Å². The van der Waals surface area contributed by atoms with Crippen molar-refractivity contribution in [2.75, 3.05) is 12.3 Å². The molecule has 112 valence electrons. The van der Waals surface area contributed by atoms with Crippen LogP contribution in [-0.4, -0.2) is 19.9 Å². The molecule has 2 rings (SSSR count). The highest BCUT2D eigenvalue weighted by Gasteiger charge is 2.27. The van der Waals surface area contributed by atoms with Crippen molar-refractivity contribution in [3.8, 4) is 0 Å². The molecule has 0 saturated carbocycles. The average molecular weight is 327 g/mol. The molecule has 0 fully saturated rings. The van der Waals surface area contributed by atoms with Gasteiger partial charge in [0, 0.05) is 11.4 Å². The number of nitro groups is 1. The number of hydrogen-bond donors (Lipinski definition) is 2. The first-order chi connectivity index (χ1) is 9.92. The summed E-state index contributed by atoms with van der Waals surface area (Å²) in [7, 11) is -3.98. The highest BCUT2D eigenvalue weighted by molar-refractivity contribution is 7.89. The van der Waals surface area contributed by atoms with E-state index in [1.54, 1.807) is 0 Å². The predicted octanol–water partition coefficient (Wildman–Crippen LogP) is 1.76. The lowest BCUT2D eigenvalue weighted by Gasteiger charge is -2.08. The van der Waals surface area contributed by atoms with Gasteiger partial charge in [-0.2, -0.15) is 0 Å². The second-order valence-electron chi connectivity index (χ2n) is 4.18. The smallest absolute Gasteiger partial charge is 0.312 e. The molecule has 21 heavy (non-hydrogen) atoms. The average Bonchev–Trinajstić information content (AvgIpc) is 2.91. The van der Waals surface area contributed by atoms with Gasteiger partial charge in [0.05, 0.1) is 4.92 Å². The number of anilines is 1.